The summed E-state index contributed by atoms with van der Waals surface area (Å²) in [6, 6.07) is 9.82. The standard InChI is InChI=1S/C17H24N2O/c1-4-12-19(13-5-2)14-11-18-17(20)15(3)16-9-7-6-8-10-16/h4-10,15H,1-2,11-14H2,3H3,(H,18,20). The van der Waals surface area contributed by atoms with Crippen LogP contribution in [-0.2, 0) is 4.79 Å². The van der Waals surface area contributed by atoms with Gasteiger partial charge in [0.2, 0.25) is 5.91 Å². The van der Waals surface area contributed by atoms with E-state index in [2.05, 4.69) is 23.4 Å². The predicted octanol–water partition coefficient (Wildman–Crippen LogP) is 2.58. The SMILES string of the molecule is C=CCN(CC=C)CCNC(=O)C(C)c1ccccc1. The molecule has 1 unspecified atom stereocenters. The molecule has 108 valence electrons. The summed E-state index contributed by atoms with van der Waals surface area (Å²) in [5.41, 5.74) is 1.04. The van der Waals surface area contributed by atoms with Crippen molar-refractivity contribution in [1.29, 1.82) is 0 Å². The molecule has 0 heterocycles. The van der Waals surface area contributed by atoms with Gasteiger partial charge in [0.25, 0.3) is 0 Å². The zero-order valence-electron chi connectivity index (χ0n) is 12.2. The van der Waals surface area contributed by atoms with Gasteiger partial charge in [0.15, 0.2) is 0 Å². The highest BCUT2D eigenvalue weighted by atomic mass is 16.1. The van der Waals surface area contributed by atoms with Gasteiger partial charge in [0.1, 0.15) is 0 Å². The lowest BCUT2D eigenvalue weighted by Crippen LogP contribution is -2.36. The quantitative estimate of drug-likeness (QED) is 0.701. The molecule has 0 spiro atoms. The highest BCUT2D eigenvalue weighted by molar-refractivity contribution is 5.83. The second-order valence-electron chi connectivity index (χ2n) is 4.76. The largest absolute Gasteiger partial charge is 0.354 e. The van der Waals surface area contributed by atoms with E-state index in [1.165, 1.54) is 0 Å². The van der Waals surface area contributed by atoms with Crippen LogP contribution in [-0.4, -0.2) is 37.0 Å². The Morgan fingerprint density at radius 2 is 1.85 bits per heavy atom. The van der Waals surface area contributed by atoms with Gasteiger partial charge in [-0.3, -0.25) is 9.69 Å². The molecular weight excluding hydrogens is 248 g/mol. The van der Waals surface area contributed by atoms with E-state index in [1.807, 2.05) is 49.4 Å². The molecular formula is C17H24N2O. The van der Waals surface area contributed by atoms with Crippen molar-refractivity contribution in [3.05, 3.63) is 61.2 Å². The summed E-state index contributed by atoms with van der Waals surface area (Å²) in [4.78, 5) is 14.2. The topological polar surface area (TPSA) is 32.3 Å². The van der Waals surface area contributed by atoms with E-state index in [9.17, 15) is 4.79 Å². The Morgan fingerprint density at radius 3 is 2.40 bits per heavy atom. The highest BCUT2D eigenvalue weighted by Crippen LogP contribution is 2.14. The summed E-state index contributed by atoms with van der Waals surface area (Å²) >= 11 is 0. The van der Waals surface area contributed by atoms with Gasteiger partial charge >= 0.3 is 0 Å². The van der Waals surface area contributed by atoms with Gasteiger partial charge in [-0.2, -0.15) is 0 Å². The van der Waals surface area contributed by atoms with Crippen molar-refractivity contribution in [3.8, 4) is 0 Å². The van der Waals surface area contributed by atoms with Crippen LogP contribution >= 0.6 is 0 Å². The van der Waals surface area contributed by atoms with Crippen LogP contribution in [0.1, 0.15) is 18.4 Å². The van der Waals surface area contributed by atoms with Crippen LogP contribution in [0.5, 0.6) is 0 Å². The van der Waals surface area contributed by atoms with Gasteiger partial charge in [-0.1, -0.05) is 42.5 Å². The molecule has 1 aromatic carbocycles. The number of nitrogens with one attached hydrogen (secondary N) is 1. The van der Waals surface area contributed by atoms with Crippen LogP contribution in [0.3, 0.4) is 0 Å². The molecule has 0 radical (unpaired) electrons. The number of rotatable bonds is 9. The number of hydrogen-bond acceptors (Lipinski definition) is 2. The fourth-order valence-corrected chi connectivity index (χ4v) is 2.01. The number of nitrogens with zero attached hydrogens (tertiary/aromatic N) is 1. The first-order valence-electron chi connectivity index (χ1n) is 6.95. The van der Waals surface area contributed by atoms with E-state index in [0.717, 1.165) is 25.2 Å². The van der Waals surface area contributed by atoms with E-state index in [1.54, 1.807) is 0 Å². The van der Waals surface area contributed by atoms with Gasteiger partial charge in [-0.15, -0.1) is 13.2 Å². The average Bonchev–Trinajstić information content (AvgIpc) is 2.47. The summed E-state index contributed by atoms with van der Waals surface area (Å²) in [6.07, 6.45) is 3.72. The van der Waals surface area contributed by atoms with Crippen molar-refractivity contribution in [2.75, 3.05) is 26.2 Å². The van der Waals surface area contributed by atoms with Crippen molar-refractivity contribution in [1.82, 2.24) is 10.2 Å². The van der Waals surface area contributed by atoms with Crippen LogP contribution in [0.4, 0.5) is 0 Å². The lowest BCUT2D eigenvalue weighted by atomic mass is 10.0. The minimum atomic E-state index is -0.122. The number of hydrogen-bond donors (Lipinski definition) is 1. The summed E-state index contributed by atoms with van der Waals surface area (Å²) < 4.78 is 0. The van der Waals surface area contributed by atoms with Crippen LogP contribution in [0.15, 0.2) is 55.6 Å². The Labute approximate surface area is 122 Å². The van der Waals surface area contributed by atoms with Crippen LogP contribution in [0, 0.1) is 0 Å². The van der Waals surface area contributed by atoms with Crippen LogP contribution in [0.2, 0.25) is 0 Å². The lowest BCUT2D eigenvalue weighted by molar-refractivity contribution is -0.122. The Hall–Kier alpha value is -1.87. The number of benzene rings is 1. The Balaban J connectivity index is 2.39. The third-order valence-corrected chi connectivity index (χ3v) is 3.19. The zero-order chi connectivity index (χ0) is 14.8. The van der Waals surface area contributed by atoms with Gasteiger partial charge in [0.05, 0.1) is 5.92 Å². The first kappa shape index (κ1) is 16.2. The van der Waals surface area contributed by atoms with Crippen molar-refractivity contribution in [2.45, 2.75) is 12.8 Å². The minimum absolute atomic E-state index is 0.0633. The van der Waals surface area contributed by atoms with Crippen LogP contribution in [0.25, 0.3) is 0 Å². The smallest absolute Gasteiger partial charge is 0.227 e. The molecule has 0 aliphatic heterocycles. The molecule has 3 nitrogen and oxygen atoms in total. The third-order valence-electron chi connectivity index (χ3n) is 3.19. The minimum Gasteiger partial charge on any atom is -0.354 e. The number of carbonyl (C=O) groups excluding carboxylic acids is 1. The van der Waals surface area contributed by atoms with E-state index in [0.29, 0.717) is 6.54 Å². The van der Waals surface area contributed by atoms with Crippen molar-refractivity contribution < 1.29 is 4.79 Å². The van der Waals surface area contributed by atoms with E-state index >= 15 is 0 Å². The molecule has 0 aliphatic rings. The maximum absolute atomic E-state index is 12.1. The van der Waals surface area contributed by atoms with E-state index < -0.39 is 0 Å². The molecule has 0 aliphatic carbocycles. The Bertz CT molecular complexity index is 418. The molecule has 0 aromatic heterocycles. The maximum atomic E-state index is 12.1. The lowest BCUT2D eigenvalue weighted by Gasteiger charge is -2.19. The van der Waals surface area contributed by atoms with Crippen molar-refractivity contribution in [2.24, 2.45) is 0 Å². The maximum Gasteiger partial charge on any atom is 0.227 e. The highest BCUT2D eigenvalue weighted by Gasteiger charge is 2.14. The van der Waals surface area contributed by atoms with Crippen molar-refractivity contribution >= 4 is 5.91 Å². The molecule has 20 heavy (non-hydrogen) atoms. The molecule has 1 rings (SSSR count). The normalized spacial score (nSPS) is 11.9. The Morgan fingerprint density at radius 1 is 1.25 bits per heavy atom. The fraction of sp³-hybridized carbons (Fsp3) is 0.353. The summed E-state index contributed by atoms with van der Waals surface area (Å²) in [7, 11) is 0. The monoisotopic (exact) mass is 272 g/mol. The molecule has 0 saturated carbocycles. The molecule has 1 amide bonds. The van der Waals surface area contributed by atoms with Gasteiger partial charge < -0.3 is 5.32 Å². The fourth-order valence-electron chi connectivity index (χ4n) is 2.01. The molecule has 1 atom stereocenters. The van der Waals surface area contributed by atoms with Gasteiger partial charge in [-0.25, -0.2) is 0 Å². The molecule has 0 bridgehead atoms. The molecule has 3 heteroatoms. The van der Waals surface area contributed by atoms with Gasteiger partial charge in [0, 0.05) is 26.2 Å². The van der Waals surface area contributed by atoms with E-state index in [-0.39, 0.29) is 11.8 Å². The molecule has 1 aromatic rings. The van der Waals surface area contributed by atoms with Crippen molar-refractivity contribution in [3.63, 3.8) is 0 Å². The first-order chi connectivity index (χ1) is 9.69. The summed E-state index contributed by atoms with van der Waals surface area (Å²) in [6.45, 7) is 12.4. The second-order valence-corrected chi connectivity index (χ2v) is 4.76. The summed E-state index contributed by atoms with van der Waals surface area (Å²) in [5, 5.41) is 2.98. The second kappa shape index (κ2) is 9.10. The first-order valence-corrected chi connectivity index (χ1v) is 6.95. The number of carbonyl (C=O) groups is 1. The van der Waals surface area contributed by atoms with Crippen LogP contribution < -0.4 is 5.32 Å². The molecule has 0 saturated heterocycles. The zero-order valence-corrected chi connectivity index (χ0v) is 12.2. The number of amides is 1. The Kier molecular flexibility index (Phi) is 7.36. The van der Waals surface area contributed by atoms with Gasteiger partial charge in [-0.05, 0) is 12.5 Å². The third kappa shape index (κ3) is 5.41. The average molecular weight is 272 g/mol. The summed E-state index contributed by atoms with van der Waals surface area (Å²) in [5.74, 6) is -0.0585. The molecule has 0 fully saturated rings. The predicted molar refractivity (Wildman–Crippen MR) is 84.7 cm³/mol. The van der Waals surface area contributed by atoms with E-state index in [4.69, 9.17) is 0 Å². The molecule has 1 N–H and O–H groups in total.